The van der Waals surface area contributed by atoms with Crippen molar-refractivity contribution in [2.24, 2.45) is 0 Å². The summed E-state index contributed by atoms with van der Waals surface area (Å²) in [7, 11) is 0. The van der Waals surface area contributed by atoms with Crippen molar-refractivity contribution in [3.8, 4) is 0 Å². The molecule has 78 valence electrons. The molecule has 1 fully saturated rings. The topological polar surface area (TPSA) is 46.1 Å². The van der Waals surface area contributed by atoms with Crippen LogP contribution in [0, 0.1) is 11.7 Å². The van der Waals surface area contributed by atoms with E-state index in [2.05, 4.69) is 15.0 Å². The number of morpholine rings is 1. The summed E-state index contributed by atoms with van der Waals surface area (Å²) in [5, 5.41) is 3.11. The van der Waals surface area contributed by atoms with Crippen molar-refractivity contribution < 1.29 is 4.74 Å². The van der Waals surface area contributed by atoms with Crippen LogP contribution in [0.25, 0.3) is 0 Å². The monoisotopic (exact) mass is 214 g/mol. The fourth-order valence-corrected chi connectivity index (χ4v) is 1.75. The van der Waals surface area contributed by atoms with Crippen LogP contribution < -0.4 is 0 Å². The van der Waals surface area contributed by atoms with E-state index in [0.29, 0.717) is 4.77 Å². The molecule has 0 aliphatic carbocycles. The fraction of sp³-hybridized carbons (Fsp3) is 0.750. The van der Waals surface area contributed by atoms with Crippen LogP contribution in [0.1, 0.15) is 5.82 Å². The van der Waals surface area contributed by atoms with E-state index in [0.717, 1.165) is 38.8 Å². The Morgan fingerprint density at radius 3 is 2.79 bits per heavy atom. The van der Waals surface area contributed by atoms with Gasteiger partial charge in [-0.2, -0.15) is 0 Å². The van der Waals surface area contributed by atoms with Gasteiger partial charge in [0.1, 0.15) is 5.82 Å². The number of aryl methyl sites for hydroxylation is 1. The largest absolute Gasteiger partial charge is 0.379 e. The second-order valence-corrected chi connectivity index (χ2v) is 3.76. The van der Waals surface area contributed by atoms with Gasteiger partial charge in [0.05, 0.1) is 19.9 Å². The fourth-order valence-electron chi connectivity index (χ4n) is 1.51. The van der Waals surface area contributed by atoms with Gasteiger partial charge in [0.15, 0.2) is 0 Å². The van der Waals surface area contributed by atoms with E-state index in [1.54, 1.807) is 0 Å². The minimum atomic E-state index is 0.619. The van der Waals surface area contributed by atoms with E-state index in [1.807, 2.05) is 11.6 Å². The van der Waals surface area contributed by atoms with Gasteiger partial charge in [-0.15, -0.1) is 0 Å². The summed E-state index contributed by atoms with van der Waals surface area (Å²) in [4.78, 5) is 6.43. The number of aromatic amines is 1. The zero-order valence-corrected chi connectivity index (χ0v) is 9.01. The average molecular weight is 214 g/mol. The molecule has 0 spiro atoms. The Kier molecular flexibility index (Phi) is 2.95. The summed E-state index contributed by atoms with van der Waals surface area (Å²) >= 11 is 5.10. The van der Waals surface area contributed by atoms with Crippen LogP contribution in [0.2, 0.25) is 0 Å². The molecule has 14 heavy (non-hydrogen) atoms. The first kappa shape index (κ1) is 9.82. The Morgan fingerprint density at radius 2 is 2.21 bits per heavy atom. The van der Waals surface area contributed by atoms with Crippen LogP contribution >= 0.6 is 12.2 Å². The second-order valence-electron chi connectivity index (χ2n) is 3.39. The lowest BCUT2D eigenvalue weighted by atomic mass is 10.4. The molecular weight excluding hydrogens is 200 g/mol. The zero-order valence-electron chi connectivity index (χ0n) is 8.19. The SMILES string of the molecule is Cc1nc(=S)n(CN2CCOCC2)[nH]1. The smallest absolute Gasteiger partial charge is 0.217 e. The van der Waals surface area contributed by atoms with Gasteiger partial charge < -0.3 is 4.74 Å². The minimum absolute atomic E-state index is 0.619. The molecular formula is C8H14N4OS. The Balaban J connectivity index is 2.02. The lowest BCUT2D eigenvalue weighted by Gasteiger charge is -2.26. The molecule has 2 rings (SSSR count). The van der Waals surface area contributed by atoms with E-state index < -0.39 is 0 Å². The van der Waals surface area contributed by atoms with Crippen molar-refractivity contribution in [3.63, 3.8) is 0 Å². The normalized spacial score (nSPS) is 18.6. The Morgan fingerprint density at radius 1 is 1.50 bits per heavy atom. The van der Waals surface area contributed by atoms with Crippen molar-refractivity contribution in [2.45, 2.75) is 13.6 Å². The van der Waals surface area contributed by atoms with Crippen molar-refractivity contribution >= 4 is 12.2 Å². The van der Waals surface area contributed by atoms with Gasteiger partial charge in [-0.25, -0.2) is 9.67 Å². The molecule has 0 atom stereocenters. The molecule has 1 aromatic heterocycles. The van der Waals surface area contributed by atoms with Crippen LogP contribution in [0.4, 0.5) is 0 Å². The number of rotatable bonds is 2. The van der Waals surface area contributed by atoms with Crippen molar-refractivity contribution in [2.75, 3.05) is 26.3 Å². The van der Waals surface area contributed by atoms with Crippen molar-refractivity contribution in [1.82, 2.24) is 19.7 Å². The van der Waals surface area contributed by atoms with Crippen LogP contribution in [0.3, 0.4) is 0 Å². The highest BCUT2D eigenvalue weighted by molar-refractivity contribution is 7.71. The molecule has 0 unspecified atom stereocenters. The third-order valence-electron chi connectivity index (χ3n) is 2.24. The standard InChI is InChI=1S/C8H14N4OS/c1-7-9-8(14)12(10-7)6-11-2-4-13-5-3-11/h2-6H2,1H3,(H,9,10,14). The number of hydrogen-bond acceptors (Lipinski definition) is 4. The van der Waals surface area contributed by atoms with Gasteiger partial charge in [-0.3, -0.25) is 10.00 Å². The lowest BCUT2D eigenvalue weighted by molar-refractivity contribution is 0.0210. The quantitative estimate of drug-likeness (QED) is 0.730. The van der Waals surface area contributed by atoms with E-state index in [4.69, 9.17) is 17.0 Å². The molecule has 1 aliphatic rings. The number of nitrogens with one attached hydrogen (secondary N) is 1. The maximum absolute atomic E-state index is 5.27. The highest BCUT2D eigenvalue weighted by atomic mass is 32.1. The summed E-state index contributed by atoms with van der Waals surface area (Å²) in [5.74, 6) is 0.864. The minimum Gasteiger partial charge on any atom is -0.379 e. The Bertz CT molecular complexity index is 352. The van der Waals surface area contributed by atoms with E-state index >= 15 is 0 Å². The van der Waals surface area contributed by atoms with Gasteiger partial charge in [0.2, 0.25) is 4.77 Å². The number of aromatic nitrogens is 3. The molecule has 0 aromatic carbocycles. The molecule has 0 amide bonds. The van der Waals surface area contributed by atoms with Crippen molar-refractivity contribution in [1.29, 1.82) is 0 Å². The highest BCUT2D eigenvalue weighted by Crippen LogP contribution is 2.00. The average Bonchev–Trinajstić information content (AvgIpc) is 2.47. The van der Waals surface area contributed by atoms with E-state index in [1.165, 1.54) is 0 Å². The van der Waals surface area contributed by atoms with Gasteiger partial charge in [-0.05, 0) is 19.1 Å². The predicted octanol–water partition coefficient (Wildman–Crippen LogP) is 0.539. The molecule has 1 saturated heterocycles. The molecule has 1 aliphatic heterocycles. The maximum atomic E-state index is 5.27. The third kappa shape index (κ3) is 2.20. The second kappa shape index (κ2) is 4.20. The van der Waals surface area contributed by atoms with Crippen LogP contribution in [0.5, 0.6) is 0 Å². The Hall–Kier alpha value is -0.720. The molecule has 1 aromatic rings. The number of H-pyrrole nitrogens is 1. The molecule has 0 bridgehead atoms. The first-order chi connectivity index (χ1) is 6.75. The van der Waals surface area contributed by atoms with Crippen LogP contribution in [0.15, 0.2) is 0 Å². The molecule has 0 radical (unpaired) electrons. The number of nitrogens with zero attached hydrogens (tertiary/aromatic N) is 3. The van der Waals surface area contributed by atoms with Crippen LogP contribution in [-0.2, 0) is 11.4 Å². The van der Waals surface area contributed by atoms with Gasteiger partial charge in [0, 0.05) is 13.1 Å². The Labute approximate surface area is 87.7 Å². The first-order valence-electron chi connectivity index (χ1n) is 4.69. The summed E-state index contributed by atoms with van der Waals surface area (Å²) in [5.41, 5.74) is 0. The summed E-state index contributed by atoms with van der Waals surface area (Å²) in [6, 6.07) is 0. The van der Waals surface area contributed by atoms with Crippen molar-refractivity contribution in [3.05, 3.63) is 10.6 Å². The number of ether oxygens (including phenoxy) is 1. The summed E-state index contributed by atoms with van der Waals surface area (Å²) in [6.45, 7) is 6.22. The van der Waals surface area contributed by atoms with E-state index in [9.17, 15) is 0 Å². The molecule has 6 heteroatoms. The molecule has 0 saturated carbocycles. The van der Waals surface area contributed by atoms with Gasteiger partial charge in [0.25, 0.3) is 0 Å². The molecule has 5 nitrogen and oxygen atoms in total. The zero-order chi connectivity index (χ0) is 9.97. The lowest BCUT2D eigenvalue weighted by Crippen LogP contribution is -2.37. The first-order valence-corrected chi connectivity index (χ1v) is 5.10. The third-order valence-corrected chi connectivity index (χ3v) is 2.55. The maximum Gasteiger partial charge on any atom is 0.217 e. The number of hydrogen-bond donors (Lipinski definition) is 1. The molecule has 2 heterocycles. The highest BCUT2D eigenvalue weighted by Gasteiger charge is 2.11. The van der Waals surface area contributed by atoms with E-state index in [-0.39, 0.29) is 0 Å². The molecule has 1 N–H and O–H groups in total. The van der Waals surface area contributed by atoms with Gasteiger partial charge >= 0.3 is 0 Å². The van der Waals surface area contributed by atoms with Crippen LogP contribution in [-0.4, -0.2) is 46.0 Å². The predicted molar refractivity (Wildman–Crippen MR) is 54.5 cm³/mol. The van der Waals surface area contributed by atoms with Gasteiger partial charge in [-0.1, -0.05) is 0 Å². The summed E-state index contributed by atoms with van der Waals surface area (Å²) in [6.07, 6.45) is 0. The summed E-state index contributed by atoms with van der Waals surface area (Å²) < 4.78 is 7.77.